The normalized spacial score (nSPS) is 15.6. The van der Waals surface area contributed by atoms with Gasteiger partial charge in [0.15, 0.2) is 0 Å². The summed E-state index contributed by atoms with van der Waals surface area (Å²) in [5.74, 6) is -0.941. The maximum atomic E-state index is 14.2. The van der Waals surface area contributed by atoms with Crippen molar-refractivity contribution in [3.05, 3.63) is 65.4 Å². The molecule has 0 radical (unpaired) electrons. The molecule has 1 fully saturated rings. The number of carbonyl (C=O) groups excluding carboxylic acids is 3. The van der Waals surface area contributed by atoms with Crippen molar-refractivity contribution in [1.82, 2.24) is 9.80 Å². The van der Waals surface area contributed by atoms with Crippen LogP contribution in [0.4, 0.5) is 4.79 Å². The lowest BCUT2D eigenvalue weighted by Crippen LogP contribution is -2.66. The van der Waals surface area contributed by atoms with Crippen molar-refractivity contribution in [2.45, 2.75) is 38.5 Å². The summed E-state index contributed by atoms with van der Waals surface area (Å²) in [5, 5.41) is 0. The Balaban J connectivity index is 2.15. The van der Waals surface area contributed by atoms with Crippen LogP contribution in [0, 0.1) is 5.41 Å². The molecule has 1 heterocycles. The van der Waals surface area contributed by atoms with Crippen molar-refractivity contribution in [2.24, 2.45) is 16.9 Å². The van der Waals surface area contributed by atoms with Gasteiger partial charge in [-0.3, -0.25) is 19.4 Å². The number of nitrogens with zero attached hydrogens (tertiary/aromatic N) is 2. The highest BCUT2D eigenvalue weighted by atomic mass is 79.9. The van der Waals surface area contributed by atoms with Crippen molar-refractivity contribution < 1.29 is 14.4 Å². The van der Waals surface area contributed by atoms with Crippen LogP contribution in [-0.2, 0) is 22.4 Å². The minimum atomic E-state index is -1.50. The summed E-state index contributed by atoms with van der Waals surface area (Å²) in [5.41, 5.74) is 11.5. The molecule has 0 bridgehead atoms. The summed E-state index contributed by atoms with van der Waals surface area (Å²) < 4.78 is 3.29. The van der Waals surface area contributed by atoms with Gasteiger partial charge in [0.25, 0.3) is 0 Å². The van der Waals surface area contributed by atoms with Gasteiger partial charge in [0.1, 0.15) is 5.41 Å². The molecule has 200 valence electrons. The Morgan fingerprint density at radius 1 is 0.595 bits per heavy atom. The Morgan fingerprint density at radius 3 is 1.27 bits per heavy atom. The zero-order chi connectivity index (χ0) is 27.2. The highest BCUT2D eigenvalue weighted by Gasteiger charge is 2.56. The van der Waals surface area contributed by atoms with E-state index < -0.39 is 23.3 Å². The number of hydrogen-bond donors (Lipinski definition) is 2. The second-order valence-corrected chi connectivity index (χ2v) is 12.8. The van der Waals surface area contributed by atoms with Crippen LogP contribution in [0.25, 0.3) is 0 Å². The number of imide groups is 2. The van der Waals surface area contributed by atoms with E-state index in [0.29, 0.717) is 38.8 Å². The molecule has 2 aromatic carbocycles. The molecule has 0 atom stereocenters. The van der Waals surface area contributed by atoms with Crippen molar-refractivity contribution in [3.63, 3.8) is 0 Å². The van der Waals surface area contributed by atoms with E-state index in [9.17, 15) is 14.4 Å². The molecule has 7 nitrogen and oxygen atoms in total. The average Bonchev–Trinajstić information content (AvgIpc) is 2.81. The molecule has 2 aromatic rings. The highest BCUT2D eigenvalue weighted by molar-refractivity contribution is 9.11. The minimum Gasteiger partial charge on any atom is -0.330 e. The number of carbonyl (C=O) groups is 3. The Hall–Kier alpha value is -1.11. The monoisotopic (exact) mass is 762 g/mol. The number of rotatable bonds is 12. The van der Waals surface area contributed by atoms with Crippen LogP contribution in [0.15, 0.2) is 54.3 Å². The largest absolute Gasteiger partial charge is 0.333 e. The fraction of sp³-hybridized carbons (Fsp3) is 0.423. The smallest absolute Gasteiger partial charge is 0.330 e. The van der Waals surface area contributed by atoms with Gasteiger partial charge in [0, 0.05) is 31.0 Å². The first-order chi connectivity index (χ1) is 17.6. The van der Waals surface area contributed by atoms with Crippen LogP contribution in [0.3, 0.4) is 0 Å². The summed E-state index contributed by atoms with van der Waals surface area (Å²) in [6, 6.07) is 10.8. The predicted molar refractivity (Wildman–Crippen MR) is 159 cm³/mol. The van der Waals surface area contributed by atoms with Gasteiger partial charge in [-0.15, -0.1) is 0 Å². The molecule has 4 amide bonds. The van der Waals surface area contributed by atoms with Gasteiger partial charge in [-0.25, -0.2) is 4.79 Å². The summed E-state index contributed by atoms with van der Waals surface area (Å²) >= 11 is 14.1. The molecule has 1 saturated heterocycles. The lowest BCUT2D eigenvalue weighted by Gasteiger charge is -2.44. The topological polar surface area (TPSA) is 110 Å². The molecule has 1 aliphatic rings. The van der Waals surface area contributed by atoms with Crippen molar-refractivity contribution in [3.8, 4) is 0 Å². The number of hydrogen-bond acceptors (Lipinski definition) is 5. The van der Waals surface area contributed by atoms with Gasteiger partial charge in [-0.1, -0.05) is 63.7 Å². The number of benzene rings is 2. The third kappa shape index (κ3) is 7.51. The third-order valence-corrected chi connectivity index (χ3v) is 8.13. The standard InChI is InChI=1S/C26H30Br4N4O3/c27-19-9-17(10-20(28)13-19)15-26(16-18-11-21(29)14-22(30)12-18)23(35)33(7-3-1-5-31)25(37)34(24(26)36)8-4-2-6-32/h9-14H,1-8,15-16,31-32H2. The van der Waals surface area contributed by atoms with Crippen LogP contribution in [-0.4, -0.2) is 53.8 Å². The second-order valence-electron chi connectivity index (χ2n) is 9.18. The van der Waals surface area contributed by atoms with Gasteiger partial charge in [-0.05, 0) is 99.1 Å². The van der Waals surface area contributed by atoms with Crippen LogP contribution in [0.1, 0.15) is 36.8 Å². The lowest BCUT2D eigenvalue weighted by atomic mass is 9.72. The van der Waals surface area contributed by atoms with Crippen LogP contribution >= 0.6 is 63.7 Å². The van der Waals surface area contributed by atoms with Crippen LogP contribution in [0.2, 0.25) is 0 Å². The zero-order valence-electron chi connectivity index (χ0n) is 20.3. The van der Waals surface area contributed by atoms with E-state index in [-0.39, 0.29) is 25.9 Å². The van der Waals surface area contributed by atoms with Crippen molar-refractivity contribution >= 4 is 81.6 Å². The average molecular weight is 766 g/mol. The van der Waals surface area contributed by atoms with Gasteiger partial charge in [0.2, 0.25) is 11.8 Å². The Labute approximate surface area is 251 Å². The maximum Gasteiger partial charge on any atom is 0.333 e. The van der Waals surface area contributed by atoms with E-state index in [0.717, 1.165) is 29.0 Å². The van der Waals surface area contributed by atoms with Crippen molar-refractivity contribution in [2.75, 3.05) is 26.2 Å². The molecule has 3 rings (SSSR count). The van der Waals surface area contributed by atoms with Gasteiger partial charge < -0.3 is 11.5 Å². The molecule has 0 saturated carbocycles. The predicted octanol–water partition coefficient (Wildman–Crippen LogP) is 5.78. The van der Waals surface area contributed by atoms with E-state index in [1.54, 1.807) is 0 Å². The SMILES string of the molecule is NCCCCN1C(=O)N(CCCCN)C(=O)C(Cc2cc(Br)cc(Br)c2)(Cc2cc(Br)cc(Br)c2)C1=O. The lowest BCUT2D eigenvalue weighted by molar-refractivity contribution is -0.159. The molecule has 1 aliphatic heterocycles. The van der Waals surface area contributed by atoms with Gasteiger partial charge >= 0.3 is 6.03 Å². The molecule has 4 N–H and O–H groups in total. The molecule has 0 unspecified atom stereocenters. The molecule has 37 heavy (non-hydrogen) atoms. The molecular weight excluding hydrogens is 736 g/mol. The number of barbiturate groups is 1. The number of urea groups is 1. The fourth-order valence-electron chi connectivity index (χ4n) is 4.64. The molecule has 0 spiro atoms. The first-order valence-corrected chi connectivity index (χ1v) is 15.3. The summed E-state index contributed by atoms with van der Waals surface area (Å²) in [6.07, 6.45) is 2.76. The minimum absolute atomic E-state index is 0.140. The summed E-state index contributed by atoms with van der Waals surface area (Å²) in [6.45, 7) is 1.33. The molecular formula is C26H30Br4N4O3. The van der Waals surface area contributed by atoms with E-state index in [1.165, 1.54) is 9.80 Å². The Bertz CT molecular complexity index is 1030. The third-order valence-electron chi connectivity index (χ3n) is 6.30. The Kier molecular flexibility index (Phi) is 11.3. The zero-order valence-corrected chi connectivity index (χ0v) is 26.7. The van der Waals surface area contributed by atoms with Gasteiger partial charge in [-0.2, -0.15) is 0 Å². The van der Waals surface area contributed by atoms with E-state index in [1.807, 2.05) is 36.4 Å². The number of amides is 4. The van der Waals surface area contributed by atoms with Crippen LogP contribution in [0.5, 0.6) is 0 Å². The Morgan fingerprint density at radius 2 is 0.946 bits per heavy atom. The number of nitrogens with two attached hydrogens (primary N) is 2. The fourth-order valence-corrected chi connectivity index (χ4v) is 7.42. The summed E-state index contributed by atoms with van der Waals surface area (Å²) in [4.78, 5) is 44.5. The van der Waals surface area contributed by atoms with E-state index in [2.05, 4.69) is 63.7 Å². The van der Waals surface area contributed by atoms with E-state index >= 15 is 0 Å². The molecule has 0 aliphatic carbocycles. The quantitative estimate of drug-likeness (QED) is 0.211. The number of unbranched alkanes of at least 4 members (excludes halogenated alkanes) is 2. The molecule has 0 aromatic heterocycles. The van der Waals surface area contributed by atoms with Crippen molar-refractivity contribution in [1.29, 1.82) is 0 Å². The van der Waals surface area contributed by atoms with Crippen LogP contribution < -0.4 is 11.5 Å². The van der Waals surface area contributed by atoms with Gasteiger partial charge in [0.05, 0.1) is 0 Å². The first kappa shape index (κ1) is 30.4. The summed E-state index contributed by atoms with van der Waals surface area (Å²) in [7, 11) is 0. The van der Waals surface area contributed by atoms with E-state index in [4.69, 9.17) is 11.5 Å². The first-order valence-electron chi connectivity index (χ1n) is 12.1. The highest BCUT2D eigenvalue weighted by Crippen LogP contribution is 2.39. The second kappa shape index (κ2) is 13.8. The maximum absolute atomic E-state index is 14.2. The molecule has 11 heteroatoms. The number of halogens is 4.